The second kappa shape index (κ2) is 14.5. The Hall–Kier alpha value is -2.56. The van der Waals surface area contributed by atoms with Gasteiger partial charge in [0.2, 0.25) is 0 Å². The third kappa shape index (κ3) is 7.86. The van der Waals surface area contributed by atoms with Gasteiger partial charge in [0.1, 0.15) is 36.4 Å². The lowest BCUT2D eigenvalue weighted by Crippen LogP contribution is -2.59. The number of hydrogen-bond acceptors (Lipinski definition) is 9. The lowest BCUT2D eigenvalue weighted by Gasteiger charge is -2.50. The first-order valence-corrected chi connectivity index (χ1v) is 17.3. The molecule has 3 fully saturated rings. The summed E-state index contributed by atoms with van der Waals surface area (Å²) in [5.74, 6) is -2.35. The molecule has 0 amide bonds. The van der Waals surface area contributed by atoms with Crippen LogP contribution in [0.1, 0.15) is 87.0 Å². The molecular weight excluding hydrogens is 600 g/mol. The summed E-state index contributed by atoms with van der Waals surface area (Å²) >= 11 is 0. The SMILES string of the molecule is CC(C)=CC(=O)OCC1=C[C@@H]2C(=O)O[C@H]3C[C@H](C/C=C(/C)C[C@@H](C)/C=C/C=C4/CO[C@@H]([C@@H]1O)[C@]42O)O[C@@]1(CC[C@@H](C)[C@H](C(C)C)O1)C3. The Morgan fingerprint density at radius 1 is 1.19 bits per heavy atom. The molecule has 0 unspecified atom stereocenters. The summed E-state index contributed by atoms with van der Waals surface area (Å²) in [6.07, 6.45) is 11.7. The molecule has 4 aliphatic heterocycles. The Balaban J connectivity index is 1.52. The van der Waals surface area contributed by atoms with Gasteiger partial charge in [-0.15, -0.1) is 0 Å². The van der Waals surface area contributed by atoms with Crippen LogP contribution in [0.3, 0.4) is 0 Å². The van der Waals surface area contributed by atoms with Crippen molar-refractivity contribution in [1.29, 1.82) is 0 Å². The smallest absolute Gasteiger partial charge is 0.331 e. The van der Waals surface area contributed by atoms with Gasteiger partial charge >= 0.3 is 11.9 Å². The van der Waals surface area contributed by atoms with E-state index >= 15 is 0 Å². The van der Waals surface area contributed by atoms with E-state index in [1.54, 1.807) is 19.9 Å². The van der Waals surface area contributed by atoms with Crippen LogP contribution in [0.5, 0.6) is 0 Å². The Bertz CT molecular complexity index is 1340. The highest BCUT2D eigenvalue weighted by atomic mass is 16.7. The summed E-state index contributed by atoms with van der Waals surface area (Å²) in [6, 6.07) is 0. The number of ether oxygens (including phenoxy) is 5. The molecule has 1 aliphatic carbocycles. The van der Waals surface area contributed by atoms with Gasteiger partial charge in [0, 0.05) is 25.3 Å². The van der Waals surface area contributed by atoms with Crippen LogP contribution >= 0.6 is 0 Å². The highest BCUT2D eigenvalue weighted by Crippen LogP contribution is 2.47. The monoisotopic (exact) mass is 654 g/mol. The van der Waals surface area contributed by atoms with Crippen LogP contribution in [0, 0.1) is 23.7 Å². The van der Waals surface area contributed by atoms with Crippen LogP contribution in [-0.4, -0.2) is 77.3 Å². The highest BCUT2D eigenvalue weighted by Gasteiger charge is 2.60. The Labute approximate surface area is 279 Å². The van der Waals surface area contributed by atoms with Crippen molar-refractivity contribution in [1.82, 2.24) is 0 Å². The molecule has 5 aliphatic rings. The van der Waals surface area contributed by atoms with E-state index in [4.69, 9.17) is 23.7 Å². The first kappa shape index (κ1) is 35.7. The van der Waals surface area contributed by atoms with Gasteiger partial charge in [-0.3, -0.25) is 4.79 Å². The predicted octanol–water partition coefficient (Wildman–Crippen LogP) is 5.66. The number of aliphatic hydroxyl groups is 2. The molecule has 47 heavy (non-hydrogen) atoms. The van der Waals surface area contributed by atoms with E-state index in [1.807, 2.05) is 6.08 Å². The maximum atomic E-state index is 14.3. The Morgan fingerprint density at radius 3 is 2.68 bits per heavy atom. The summed E-state index contributed by atoms with van der Waals surface area (Å²) in [6.45, 7) is 14.1. The van der Waals surface area contributed by atoms with Gasteiger partial charge in [0.25, 0.3) is 0 Å². The van der Waals surface area contributed by atoms with Crippen molar-refractivity contribution in [3.8, 4) is 0 Å². The predicted molar refractivity (Wildman–Crippen MR) is 177 cm³/mol. The summed E-state index contributed by atoms with van der Waals surface area (Å²) in [5, 5.41) is 23.7. The molecule has 260 valence electrons. The molecule has 0 radical (unpaired) electrons. The molecule has 10 atom stereocenters. The number of carbonyl (C=O) groups excluding carboxylic acids is 2. The molecule has 3 saturated heterocycles. The van der Waals surface area contributed by atoms with E-state index in [0.717, 1.165) is 18.4 Å². The quantitative estimate of drug-likeness (QED) is 0.225. The second-order valence-corrected chi connectivity index (χ2v) is 15.1. The Morgan fingerprint density at radius 2 is 1.96 bits per heavy atom. The van der Waals surface area contributed by atoms with Crippen LogP contribution in [0.25, 0.3) is 0 Å². The highest BCUT2D eigenvalue weighted by molar-refractivity contribution is 5.83. The zero-order valence-corrected chi connectivity index (χ0v) is 29.1. The summed E-state index contributed by atoms with van der Waals surface area (Å²) in [4.78, 5) is 26.6. The number of allylic oxidation sites excluding steroid dienone is 5. The number of aliphatic hydroxyl groups excluding tert-OH is 1. The third-order valence-corrected chi connectivity index (χ3v) is 10.3. The lowest BCUT2D eigenvalue weighted by atomic mass is 9.70. The fourth-order valence-electron chi connectivity index (χ4n) is 7.96. The number of fused-ring (bicyclic) bond motifs is 2. The summed E-state index contributed by atoms with van der Waals surface area (Å²) in [5.41, 5.74) is 0.927. The number of esters is 2. The van der Waals surface area contributed by atoms with Crippen molar-refractivity contribution in [2.24, 2.45) is 23.7 Å². The van der Waals surface area contributed by atoms with Crippen LogP contribution in [0.2, 0.25) is 0 Å². The van der Waals surface area contributed by atoms with Gasteiger partial charge in [0.15, 0.2) is 5.79 Å². The molecule has 9 nitrogen and oxygen atoms in total. The van der Waals surface area contributed by atoms with E-state index in [0.29, 0.717) is 43.1 Å². The molecule has 0 saturated carbocycles. The van der Waals surface area contributed by atoms with E-state index in [9.17, 15) is 19.8 Å². The average molecular weight is 655 g/mol. The number of carbonyl (C=O) groups is 2. The minimum atomic E-state index is -1.86. The van der Waals surface area contributed by atoms with Crippen molar-refractivity contribution in [2.75, 3.05) is 13.2 Å². The number of rotatable bonds is 4. The normalized spacial score (nSPS) is 42.3. The molecule has 5 rings (SSSR count). The number of hydrogen-bond donors (Lipinski definition) is 2. The molecule has 4 heterocycles. The molecule has 1 spiro atoms. The standard InChI is InChI=1S/C38H54O9/c1-22(2)15-32(39)43-20-27-17-31-36(41)45-30-18-29(46-37(19-30)14-13-26(7)34(47-37)23(3)4)12-11-25(6)16-24(5)9-8-10-28-21-44-35(33(27)40)38(28,31)42/h8-11,15,17,23-24,26,29-31,33-35,40,42H,12-14,16,18-21H2,1-7H3/b9-8+,25-11-,28-10-/t24-,26+,29-,30-,31+,33+,34-,35-,37+,38-/m0/s1. The zero-order valence-electron chi connectivity index (χ0n) is 29.1. The first-order chi connectivity index (χ1) is 22.2. The molecule has 2 bridgehead atoms. The maximum absolute atomic E-state index is 14.3. The van der Waals surface area contributed by atoms with Crippen molar-refractivity contribution in [3.63, 3.8) is 0 Å². The van der Waals surface area contributed by atoms with Gasteiger partial charge in [-0.1, -0.05) is 69.2 Å². The Kier molecular flexibility index (Phi) is 11.0. The maximum Gasteiger partial charge on any atom is 0.331 e. The minimum Gasteiger partial charge on any atom is -0.462 e. The second-order valence-electron chi connectivity index (χ2n) is 15.1. The van der Waals surface area contributed by atoms with E-state index in [2.05, 4.69) is 46.8 Å². The van der Waals surface area contributed by atoms with Gasteiger partial charge in [-0.05, 0) is 68.9 Å². The third-order valence-electron chi connectivity index (χ3n) is 10.3. The van der Waals surface area contributed by atoms with E-state index in [1.165, 1.54) is 17.7 Å². The van der Waals surface area contributed by atoms with Crippen molar-refractivity contribution >= 4 is 11.9 Å². The molecule has 2 N–H and O–H groups in total. The summed E-state index contributed by atoms with van der Waals surface area (Å²) in [7, 11) is 0. The largest absolute Gasteiger partial charge is 0.462 e. The molecule has 0 aromatic rings. The van der Waals surface area contributed by atoms with Crippen molar-refractivity contribution < 1.29 is 43.5 Å². The zero-order chi connectivity index (χ0) is 34.1. The topological polar surface area (TPSA) is 121 Å². The van der Waals surface area contributed by atoms with Crippen LogP contribution in [0.4, 0.5) is 0 Å². The lowest BCUT2D eigenvalue weighted by molar-refractivity contribution is -0.340. The van der Waals surface area contributed by atoms with Crippen LogP contribution < -0.4 is 0 Å². The molecular formula is C38H54O9. The molecule has 9 heteroatoms. The van der Waals surface area contributed by atoms with Crippen LogP contribution in [-0.2, 0) is 33.3 Å². The van der Waals surface area contributed by atoms with Crippen LogP contribution in [0.15, 0.2) is 58.7 Å². The van der Waals surface area contributed by atoms with Gasteiger partial charge < -0.3 is 33.9 Å². The first-order valence-electron chi connectivity index (χ1n) is 17.3. The van der Waals surface area contributed by atoms with Crippen molar-refractivity contribution in [3.05, 3.63) is 58.7 Å². The average Bonchev–Trinajstić information content (AvgIpc) is 3.33. The fraction of sp³-hybridized carbons (Fsp3) is 0.684. The van der Waals surface area contributed by atoms with Gasteiger partial charge in [0.05, 0.1) is 18.8 Å². The minimum absolute atomic E-state index is 0.0193. The van der Waals surface area contributed by atoms with E-state index in [-0.39, 0.29) is 36.9 Å². The van der Waals surface area contributed by atoms with Crippen molar-refractivity contribution in [2.45, 2.75) is 129 Å². The molecule has 0 aromatic carbocycles. The van der Waals surface area contributed by atoms with Gasteiger partial charge in [-0.2, -0.15) is 0 Å². The molecule has 0 aromatic heterocycles. The fourth-order valence-corrected chi connectivity index (χ4v) is 7.96. The van der Waals surface area contributed by atoms with Gasteiger partial charge in [-0.25, -0.2) is 4.79 Å². The summed E-state index contributed by atoms with van der Waals surface area (Å²) < 4.78 is 31.3. The van der Waals surface area contributed by atoms with E-state index < -0.39 is 47.6 Å².